The highest BCUT2D eigenvalue weighted by Crippen LogP contribution is 2.23. The zero-order valence-electron chi connectivity index (χ0n) is 12.9. The van der Waals surface area contributed by atoms with Gasteiger partial charge >= 0.3 is 0 Å². The monoisotopic (exact) mass is 359 g/mol. The molecule has 0 bridgehead atoms. The van der Waals surface area contributed by atoms with E-state index in [9.17, 15) is 9.18 Å². The van der Waals surface area contributed by atoms with E-state index < -0.39 is 5.82 Å². The SMILES string of the molecule is CC(C)CC(CN(C)C)NC(=O)c1cc(N)c(F)cc1Br. The molecule has 0 radical (unpaired) electrons. The highest BCUT2D eigenvalue weighted by molar-refractivity contribution is 9.10. The molecule has 1 atom stereocenters. The predicted molar refractivity (Wildman–Crippen MR) is 87.8 cm³/mol. The minimum atomic E-state index is -0.537. The van der Waals surface area contributed by atoms with E-state index in [1.807, 2.05) is 19.0 Å². The number of nitrogens with two attached hydrogens (primary N) is 1. The van der Waals surface area contributed by atoms with Gasteiger partial charge in [0, 0.05) is 17.1 Å². The largest absolute Gasteiger partial charge is 0.396 e. The van der Waals surface area contributed by atoms with Crippen LogP contribution in [0.25, 0.3) is 0 Å². The zero-order chi connectivity index (χ0) is 16.2. The molecule has 1 aromatic rings. The lowest BCUT2D eigenvalue weighted by Crippen LogP contribution is -2.42. The molecule has 0 saturated carbocycles. The third-order valence-electron chi connectivity index (χ3n) is 3.01. The molecule has 6 heteroatoms. The highest BCUT2D eigenvalue weighted by atomic mass is 79.9. The molecular weight excluding hydrogens is 337 g/mol. The lowest BCUT2D eigenvalue weighted by molar-refractivity contribution is 0.0924. The number of hydrogen-bond donors (Lipinski definition) is 2. The lowest BCUT2D eigenvalue weighted by Gasteiger charge is -2.24. The van der Waals surface area contributed by atoms with Crippen LogP contribution in [0, 0.1) is 11.7 Å². The normalized spacial score (nSPS) is 12.8. The van der Waals surface area contributed by atoms with Gasteiger partial charge in [-0.1, -0.05) is 13.8 Å². The van der Waals surface area contributed by atoms with E-state index in [4.69, 9.17) is 5.73 Å². The van der Waals surface area contributed by atoms with Gasteiger partial charge in [0.05, 0.1) is 11.3 Å². The summed E-state index contributed by atoms with van der Waals surface area (Å²) in [5.74, 6) is -0.316. The second-order valence-electron chi connectivity index (χ2n) is 5.92. The van der Waals surface area contributed by atoms with E-state index in [1.54, 1.807) is 0 Å². The Labute approximate surface area is 134 Å². The Kier molecular flexibility index (Phi) is 6.61. The average molecular weight is 360 g/mol. The number of nitrogens with zero attached hydrogens (tertiary/aromatic N) is 1. The van der Waals surface area contributed by atoms with Crippen molar-refractivity contribution in [2.45, 2.75) is 26.3 Å². The first-order chi connectivity index (χ1) is 9.70. The summed E-state index contributed by atoms with van der Waals surface area (Å²) in [7, 11) is 3.93. The molecule has 3 N–H and O–H groups in total. The Bertz CT molecular complexity index is 496. The topological polar surface area (TPSA) is 58.4 Å². The molecule has 21 heavy (non-hydrogen) atoms. The molecule has 0 heterocycles. The zero-order valence-corrected chi connectivity index (χ0v) is 14.5. The van der Waals surface area contributed by atoms with Crippen LogP contribution in [0.1, 0.15) is 30.6 Å². The number of anilines is 1. The number of carbonyl (C=O) groups is 1. The van der Waals surface area contributed by atoms with E-state index >= 15 is 0 Å². The summed E-state index contributed by atoms with van der Waals surface area (Å²) in [4.78, 5) is 14.4. The fraction of sp³-hybridized carbons (Fsp3) is 0.533. The Hall–Kier alpha value is -1.14. The molecule has 0 aliphatic rings. The Morgan fingerprint density at radius 3 is 2.57 bits per heavy atom. The summed E-state index contributed by atoms with van der Waals surface area (Å²) < 4.78 is 13.7. The van der Waals surface area contributed by atoms with Crippen molar-refractivity contribution >= 4 is 27.5 Å². The van der Waals surface area contributed by atoms with Crippen LogP contribution < -0.4 is 11.1 Å². The quantitative estimate of drug-likeness (QED) is 0.767. The minimum Gasteiger partial charge on any atom is -0.396 e. The number of halogens is 2. The fourth-order valence-corrected chi connectivity index (χ4v) is 2.69. The molecule has 0 saturated heterocycles. The Balaban J connectivity index is 2.88. The maximum atomic E-state index is 13.3. The van der Waals surface area contributed by atoms with E-state index in [0.29, 0.717) is 16.0 Å². The summed E-state index contributed by atoms with van der Waals surface area (Å²) in [6.07, 6.45) is 0.873. The van der Waals surface area contributed by atoms with Crippen molar-refractivity contribution in [1.29, 1.82) is 0 Å². The summed E-state index contributed by atoms with van der Waals surface area (Å²) in [6.45, 7) is 4.97. The molecule has 118 valence electrons. The van der Waals surface area contributed by atoms with Crippen LogP contribution in [0.2, 0.25) is 0 Å². The molecule has 4 nitrogen and oxygen atoms in total. The van der Waals surface area contributed by atoms with Crippen LogP contribution in [0.4, 0.5) is 10.1 Å². The summed E-state index contributed by atoms with van der Waals surface area (Å²) in [6, 6.07) is 2.61. The highest BCUT2D eigenvalue weighted by Gasteiger charge is 2.19. The van der Waals surface area contributed by atoms with Crippen molar-refractivity contribution in [2.75, 3.05) is 26.4 Å². The second-order valence-corrected chi connectivity index (χ2v) is 6.77. The molecule has 1 amide bonds. The number of likely N-dealkylation sites (N-methyl/N-ethyl adjacent to an activating group) is 1. The van der Waals surface area contributed by atoms with Crippen molar-refractivity contribution in [3.05, 3.63) is 28.0 Å². The molecule has 1 unspecified atom stereocenters. The minimum absolute atomic E-state index is 0.0311. The molecule has 0 spiro atoms. The number of carbonyl (C=O) groups excluding carboxylic acids is 1. The number of nitrogen functional groups attached to an aromatic ring is 1. The van der Waals surface area contributed by atoms with Crippen molar-refractivity contribution in [3.8, 4) is 0 Å². The van der Waals surface area contributed by atoms with Crippen LogP contribution in [0.3, 0.4) is 0 Å². The van der Waals surface area contributed by atoms with Crippen molar-refractivity contribution in [1.82, 2.24) is 10.2 Å². The van der Waals surface area contributed by atoms with Gasteiger partial charge in [-0.2, -0.15) is 0 Å². The average Bonchev–Trinajstić information content (AvgIpc) is 2.31. The second kappa shape index (κ2) is 7.75. The standard InChI is InChI=1S/C15H23BrFN3O/c1-9(2)5-10(8-20(3)4)19-15(21)11-6-14(18)13(17)7-12(11)16/h6-7,9-10H,5,8,18H2,1-4H3,(H,19,21). The van der Waals surface area contributed by atoms with Crippen LogP contribution in [-0.4, -0.2) is 37.5 Å². The summed E-state index contributed by atoms with van der Waals surface area (Å²) in [5.41, 5.74) is 5.85. The van der Waals surface area contributed by atoms with Crippen LogP contribution >= 0.6 is 15.9 Å². The molecule has 0 fully saturated rings. The third kappa shape index (κ3) is 5.63. The van der Waals surface area contributed by atoms with Crippen LogP contribution in [0.15, 0.2) is 16.6 Å². The van der Waals surface area contributed by atoms with E-state index in [2.05, 4.69) is 35.1 Å². The van der Waals surface area contributed by atoms with E-state index in [-0.39, 0.29) is 17.6 Å². The smallest absolute Gasteiger partial charge is 0.252 e. The molecule has 0 aromatic heterocycles. The van der Waals surface area contributed by atoms with Gasteiger partial charge in [0.15, 0.2) is 0 Å². The van der Waals surface area contributed by atoms with E-state index in [1.165, 1.54) is 12.1 Å². The maximum absolute atomic E-state index is 13.3. The fourth-order valence-electron chi connectivity index (χ4n) is 2.19. The van der Waals surface area contributed by atoms with Crippen molar-refractivity contribution in [2.24, 2.45) is 5.92 Å². The summed E-state index contributed by atoms with van der Waals surface area (Å²) >= 11 is 3.21. The third-order valence-corrected chi connectivity index (χ3v) is 3.66. The summed E-state index contributed by atoms with van der Waals surface area (Å²) in [5, 5.41) is 2.99. The Morgan fingerprint density at radius 1 is 1.43 bits per heavy atom. The van der Waals surface area contributed by atoms with Crippen molar-refractivity contribution in [3.63, 3.8) is 0 Å². The van der Waals surface area contributed by atoms with Gasteiger partial charge in [0.1, 0.15) is 5.82 Å². The van der Waals surface area contributed by atoms with Gasteiger partial charge in [-0.3, -0.25) is 4.79 Å². The number of hydrogen-bond acceptors (Lipinski definition) is 3. The van der Waals surface area contributed by atoms with Gasteiger partial charge in [-0.15, -0.1) is 0 Å². The van der Waals surface area contributed by atoms with Crippen LogP contribution in [-0.2, 0) is 0 Å². The van der Waals surface area contributed by atoms with Gasteiger partial charge in [0.2, 0.25) is 0 Å². The number of amides is 1. The van der Waals surface area contributed by atoms with Gasteiger partial charge in [-0.25, -0.2) is 4.39 Å². The predicted octanol–water partition coefficient (Wildman–Crippen LogP) is 2.88. The number of rotatable bonds is 6. The molecule has 0 aliphatic carbocycles. The number of nitrogens with one attached hydrogen (secondary N) is 1. The molecular formula is C15H23BrFN3O. The first kappa shape index (κ1) is 17.9. The van der Waals surface area contributed by atoms with E-state index in [0.717, 1.165) is 13.0 Å². The maximum Gasteiger partial charge on any atom is 0.252 e. The molecule has 0 aliphatic heterocycles. The Morgan fingerprint density at radius 2 is 2.05 bits per heavy atom. The van der Waals surface area contributed by atoms with Gasteiger partial charge in [-0.05, 0) is 54.5 Å². The van der Waals surface area contributed by atoms with Gasteiger partial charge in [0.25, 0.3) is 5.91 Å². The van der Waals surface area contributed by atoms with Crippen molar-refractivity contribution < 1.29 is 9.18 Å². The first-order valence-corrected chi connectivity index (χ1v) is 7.70. The molecule has 1 rings (SSSR count). The molecule has 1 aromatic carbocycles. The van der Waals surface area contributed by atoms with Gasteiger partial charge < -0.3 is 16.0 Å². The number of benzene rings is 1. The van der Waals surface area contributed by atoms with Crippen LogP contribution in [0.5, 0.6) is 0 Å². The lowest BCUT2D eigenvalue weighted by atomic mass is 10.0. The first-order valence-electron chi connectivity index (χ1n) is 6.90.